The summed E-state index contributed by atoms with van der Waals surface area (Å²) in [5.41, 5.74) is 5.66. The Morgan fingerprint density at radius 3 is 2.58 bits per heavy atom. The highest BCUT2D eigenvalue weighted by Gasteiger charge is 2.11. The molecule has 0 aliphatic heterocycles. The van der Waals surface area contributed by atoms with Crippen LogP contribution < -0.4 is 14.9 Å². The predicted molar refractivity (Wildman–Crippen MR) is 131 cm³/mol. The van der Waals surface area contributed by atoms with Crippen LogP contribution in [0.1, 0.15) is 28.9 Å². The van der Waals surface area contributed by atoms with E-state index in [1.54, 1.807) is 42.3 Å². The molecule has 0 radical (unpaired) electrons. The number of rotatable bonds is 9. The van der Waals surface area contributed by atoms with E-state index in [0.717, 1.165) is 22.5 Å². The van der Waals surface area contributed by atoms with Crippen LogP contribution in [0, 0.1) is 13.8 Å². The van der Waals surface area contributed by atoms with Crippen molar-refractivity contribution in [3.63, 3.8) is 0 Å². The lowest BCUT2D eigenvalue weighted by molar-refractivity contribution is -0.121. The minimum absolute atomic E-state index is 0.221. The number of halogens is 3. The van der Waals surface area contributed by atoms with Crippen LogP contribution >= 0.6 is 34.8 Å². The monoisotopic (exact) mass is 508 g/mol. The number of amides is 1. The first kappa shape index (κ1) is 24.9. The van der Waals surface area contributed by atoms with Gasteiger partial charge in [0, 0.05) is 17.0 Å². The molecule has 1 heterocycles. The summed E-state index contributed by atoms with van der Waals surface area (Å²) in [5.74, 6) is 0.938. The van der Waals surface area contributed by atoms with Gasteiger partial charge in [-0.05, 0) is 55.8 Å². The van der Waals surface area contributed by atoms with Crippen molar-refractivity contribution in [2.75, 3.05) is 7.11 Å². The molecule has 0 saturated heterocycles. The fraction of sp³-hybridized carbons (Fsp3) is 0.261. The fourth-order valence-electron chi connectivity index (χ4n) is 3.07. The van der Waals surface area contributed by atoms with Gasteiger partial charge in [0.2, 0.25) is 5.91 Å². The van der Waals surface area contributed by atoms with E-state index in [4.69, 9.17) is 44.3 Å². The Balaban J connectivity index is 1.58. The van der Waals surface area contributed by atoms with Gasteiger partial charge in [-0.3, -0.25) is 9.48 Å². The number of hydrogen-bond donors (Lipinski definition) is 1. The van der Waals surface area contributed by atoms with Crippen molar-refractivity contribution in [2.45, 2.75) is 33.4 Å². The normalized spacial score (nSPS) is 11.1. The SMILES string of the molecule is COc1ccc(/C=N/NC(=O)CCn2nc(C)c(Cl)c2C)cc1COc1ccc(Cl)cc1Cl. The van der Waals surface area contributed by atoms with Gasteiger partial charge in [-0.25, -0.2) is 5.43 Å². The number of aryl methyl sites for hydroxylation is 2. The number of nitrogens with zero attached hydrogens (tertiary/aromatic N) is 3. The van der Waals surface area contributed by atoms with Crippen molar-refractivity contribution < 1.29 is 14.3 Å². The number of methoxy groups -OCH3 is 1. The highest BCUT2D eigenvalue weighted by Crippen LogP contribution is 2.29. The third kappa shape index (κ3) is 6.63. The summed E-state index contributed by atoms with van der Waals surface area (Å²) in [6.45, 7) is 4.33. The quantitative estimate of drug-likeness (QED) is 0.301. The average molecular weight is 510 g/mol. The highest BCUT2D eigenvalue weighted by atomic mass is 35.5. The molecule has 0 aliphatic carbocycles. The second kappa shape index (κ2) is 11.4. The molecule has 174 valence electrons. The molecule has 0 fully saturated rings. The Hall–Kier alpha value is -2.74. The van der Waals surface area contributed by atoms with E-state index in [0.29, 0.717) is 33.1 Å². The van der Waals surface area contributed by atoms with Gasteiger partial charge in [-0.1, -0.05) is 34.8 Å². The molecule has 0 bridgehead atoms. The van der Waals surface area contributed by atoms with Crippen LogP contribution in [0.4, 0.5) is 0 Å². The first-order valence-electron chi connectivity index (χ1n) is 10.0. The van der Waals surface area contributed by atoms with E-state index >= 15 is 0 Å². The molecule has 3 rings (SSSR count). The molecule has 3 aromatic rings. The lowest BCUT2D eigenvalue weighted by Crippen LogP contribution is -2.20. The molecule has 0 atom stereocenters. The summed E-state index contributed by atoms with van der Waals surface area (Å²) in [5, 5.41) is 9.92. The molecule has 0 unspecified atom stereocenters. The maximum absolute atomic E-state index is 12.1. The Kier molecular flexibility index (Phi) is 8.61. The minimum atomic E-state index is -0.232. The largest absolute Gasteiger partial charge is 0.496 e. The Morgan fingerprint density at radius 1 is 1.15 bits per heavy atom. The zero-order chi connectivity index (χ0) is 24.0. The molecule has 0 spiro atoms. The Labute approximate surface area is 207 Å². The number of benzene rings is 2. The molecule has 10 heteroatoms. The smallest absolute Gasteiger partial charge is 0.241 e. The summed E-state index contributed by atoms with van der Waals surface area (Å²) in [6.07, 6.45) is 1.77. The number of aromatic nitrogens is 2. The van der Waals surface area contributed by atoms with Gasteiger partial charge in [-0.2, -0.15) is 10.2 Å². The van der Waals surface area contributed by atoms with Crippen LogP contribution in [0.3, 0.4) is 0 Å². The van der Waals surface area contributed by atoms with Crippen molar-refractivity contribution >= 4 is 46.9 Å². The summed E-state index contributed by atoms with van der Waals surface area (Å²) in [7, 11) is 1.58. The summed E-state index contributed by atoms with van der Waals surface area (Å²) in [4.78, 5) is 12.1. The molecule has 7 nitrogen and oxygen atoms in total. The summed E-state index contributed by atoms with van der Waals surface area (Å²) in [6, 6.07) is 10.5. The van der Waals surface area contributed by atoms with Crippen LogP contribution in [0.2, 0.25) is 15.1 Å². The van der Waals surface area contributed by atoms with E-state index in [-0.39, 0.29) is 18.9 Å². The molecule has 33 heavy (non-hydrogen) atoms. The van der Waals surface area contributed by atoms with E-state index < -0.39 is 0 Å². The summed E-state index contributed by atoms with van der Waals surface area (Å²) >= 11 is 18.2. The third-order valence-electron chi connectivity index (χ3n) is 4.83. The first-order chi connectivity index (χ1) is 15.8. The maximum atomic E-state index is 12.1. The van der Waals surface area contributed by atoms with Gasteiger partial charge in [-0.15, -0.1) is 0 Å². The molecule has 0 aliphatic rings. The second-order valence-corrected chi connectivity index (χ2v) is 8.41. The second-order valence-electron chi connectivity index (χ2n) is 7.19. The Bertz CT molecular complexity index is 1180. The zero-order valence-corrected chi connectivity index (χ0v) is 20.6. The fourth-order valence-corrected chi connectivity index (χ4v) is 3.67. The molecular formula is C23H23Cl3N4O3. The van der Waals surface area contributed by atoms with Crippen LogP contribution in [-0.2, 0) is 17.9 Å². The number of carbonyl (C=O) groups excluding carboxylic acids is 1. The van der Waals surface area contributed by atoms with Gasteiger partial charge in [0.1, 0.15) is 18.1 Å². The lowest BCUT2D eigenvalue weighted by Gasteiger charge is -2.12. The van der Waals surface area contributed by atoms with Gasteiger partial charge in [0.25, 0.3) is 0 Å². The predicted octanol–water partition coefficient (Wildman–Crippen LogP) is 5.59. The van der Waals surface area contributed by atoms with Crippen LogP contribution in [-0.4, -0.2) is 29.0 Å². The van der Waals surface area contributed by atoms with E-state index in [2.05, 4.69) is 15.6 Å². The highest BCUT2D eigenvalue weighted by molar-refractivity contribution is 6.35. The van der Waals surface area contributed by atoms with Crippen molar-refractivity contribution in [3.05, 3.63) is 74.0 Å². The molecular weight excluding hydrogens is 487 g/mol. The molecule has 0 saturated carbocycles. The van der Waals surface area contributed by atoms with Gasteiger partial charge in [0.15, 0.2) is 0 Å². The van der Waals surface area contributed by atoms with Crippen LogP contribution in [0.25, 0.3) is 0 Å². The van der Waals surface area contributed by atoms with Gasteiger partial charge >= 0.3 is 0 Å². The number of ether oxygens (including phenoxy) is 2. The number of hydrogen-bond acceptors (Lipinski definition) is 5. The topological polar surface area (TPSA) is 77.7 Å². The maximum Gasteiger partial charge on any atom is 0.241 e. The van der Waals surface area contributed by atoms with Gasteiger partial charge in [0.05, 0.1) is 41.3 Å². The van der Waals surface area contributed by atoms with E-state index in [9.17, 15) is 4.79 Å². The molecule has 1 N–H and O–H groups in total. The Morgan fingerprint density at radius 2 is 1.91 bits per heavy atom. The van der Waals surface area contributed by atoms with Crippen LogP contribution in [0.15, 0.2) is 41.5 Å². The van der Waals surface area contributed by atoms with E-state index in [1.807, 2.05) is 26.0 Å². The van der Waals surface area contributed by atoms with E-state index in [1.165, 1.54) is 0 Å². The van der Waals surface area contributed by atoms with Crippen molar-refractivity contribution in [2.24, 2.45) is 5.10 Å². The standard InChI is InChI=1S/C23H23Cl3N4O3/c1-14-23(26)15(2)30(29-14)9-8-22(31)28-27-12-16-4-6-20(32-3)17(10-16)13-33-21-7-5-18(24)11-19(21)25/h4-7,10-12H,8-9,13H2,1-3H3,(H,28,31)/b27-12+. The molecule has 1 amide bonds. The molecule has 2 aromatic carbocycles. The number of carbonyl (C=O) groups is 1. The first-order valence-corrected chi connectivity index (χ1v) is 11.2. The zero-order valence-electron chi connectivity index (χ0n) is 18.4. The number of nitrogens with one attached hydrogen (secondary N) is 1. The van der Waals surface area contributed by atoms with Crippen molar-refractivity contribution in [3.8, 4) is 11.5 Å². The van der Waals surface area contributed by atoms with Gasteiger partial charge < -0.3 is 9.47 Å². The van der Waals surface area contributed by atoms with Crippen molar-refractivity contribution in [1.29, 1.82) is 0 Å². The minimum Gasteiger partial charge on any atom is -0.496 e. The van der Waals surface area contributed by atoms with Crippen LogP contribution in [0.5, 0.6) is 11.5 Å². The number of hydrazone groups is 1. The molecule has 1 aromatic heterocycles. The summed E-state index contributed by atoms with van der Waals surface area (Å²) < 4.78 is 12.9. The lowest BCUT2D eigenvalue weighted by atomic mass is 10.1. The van der Waals surface area contributed by atoms with Crippen molar-refractivity contribution in [1.82, 2.24) is 15.2 Å². The third-order valence-corrected chi connectivity index (χ3v) is 5.91. The average Bonchev–Trinajstić information content (AvgIpc) is 3.04.